The number of carbonyl (C=O) groups is 1. The van der Waals surface area contributed by atoms with Gasteiger partial charge >= 0.3 is 0 Å². The van der Waals surface area contributed by atoms with E-state index in [9.17, 15) is 4.79 Å². The predicted molar refractivity (Wildman–Crippen MR) is 96.7 cm³/mol. The van der Waals surface area contributed by atoms with E-state index in [4.69, 9.17) is 0 Å². The van der Waals surface area contributed by atoms with Crippen molar-refractivity contribution >= 4 is 28.1 Å². The molecule has 3 aromatic rings. The van der Waals surface area contributed by atoms with E-state index in [1.807, 2.05) is 24.4 Å². The fourth-order valence-corrected chi connectivity index (χ4v) is 3.82. The van der Waals surface area contributed by atoms with E-state index in [1.165, 1.54) is 15.8 Å². The SMILES string of the molecule is CC(C)C(NC(=O)CCc1c[nH]c2ccccc12)c1cccs1. The van der Waals surface area contributed by atoms with E-state index in [0.717, 1.165) is 11.9 Å². The molecule has 1 atom stereocenters. The number of fused-ring (bicyclic) bond motifs is 1. The van der Waals surface area contributed by atoms with E-state index in [2.05, 4.69) is 47.7 Å². The summed E-state index contributed by atoms with van der Waals surface area (Å²) in [7, 11) is 0. The molecule has 3 nitrogen and oxygen atoms in total. The Balaban J connectivity index is 1.63. The smallest absolute Gasteiger partial charge is 0.220 e. The van der Waals surface area contributed by atoms with Gasteiger partial charge in [0, 0.05) is 28.4 Å². The van der Waals surface area contributed by atoms with Gasteiger partial charge in [0.1, 0.15) is 0 Å². The minimum atomic E-state index is 0.102. The summed E-state index contributed by atoms with van der Waals surface area (Å²) in [6.45, 7) is 4.29. The predicted octanol–water partition coefficient (Wildman–Crippen LogP) is 4.68. The summed E-state index contributed by atoms with van der Waals surface area (Å²) in [5.41, 5.74) is 2.33. The molecule has 0 spiro atoms. The monoisotopic (exact) mass is 326 g/mol. The molecule has 4 heteroatoms. The van der Waals surface area contributed by atoms with Crippen LogP contribution in [0.25, 0.3) is 10.9 Å². The first-order valence-corrected chi connectivity index (χ1v) is 8.91. The zero-order valence-corrected chi connectivity index (χ0v) is 14.3. The fourth-order valence-electron chi connectivity index (χ4n) is 2.87. The molecule has 0 radical (unpaired) electrons. The van der Waals surface area contributed by atoms with Crippen molar-refractivity contribution in [2.75, 3.05) is 0 Å². The van der Waals surface area contributed by atoms with Crippen LogP contribution >= 0.6 is 11.3 Å². The number of thiophene rings is 1. The number of amides is 1. The van der Waals surface area contributed by atoms with Gasteiger partial charge in [-0.1, -0.05) is 38.1 Å². The van der Waals surface area contributed by atoms with Gasteiger partial charge in [0.15, 0.2) is 0 Å². The maximum absolute atomic E-state index is 12.4. The summed E-state index contributed by atoms with van der Waals surface area (Å²) >= 11 is 1.70. The molecule has 0 fully saturated rings. The van der Waals surface area contributed by atoms with E-state index < -0.39 is 0 Å². The molecule has 0 saturated heterocycles. The number of aromatic amines is 1. The molecule has 1 unspecified atom stereocenters. The van der Waals surface area contributed by atoms with Crippen LogP contribution in [0.15, 0.2) is 48.0 Å². The fraction of sp³-hybridized carbons (Fsp3) is 0.316. The number of benzene rings is 1. The number of rotatable bonds is 6. The highest BCUT2D eigenvalue weighted by Crippen LogP contribution is 2.26. The van der Waals surface area contributed by atoms with Gasteiger partial charge in [0.25, 0.3) is 0 Å². The van der Waals surface area contributed by atoms with Crippen molar-refractivity contribution < 1.29 is 4.79 Å². The number of H-pyrrole nitrogens is 1. The van der Waals surface area contributed by atoms with E-state index in [0.29, 0.717) is 12.3 Å². The van der Waals surface area contributed by atoms with Crippen LogP contribution < -0.4 is 5.32 Å². The first-order valence-electron chi connectivity index (χ1n) is 8.03. The summed E-state index contributed by atoms with van der Waals surface area (Å²) in [6, 6.07) is 12.4. The molecule has 0 bridgehead atoms. The molecule has 2 heterocycles. The van der Waals surface area contributed by atoms with Crippen LogP contribution in [0.3, 0.4) is 0 Å². The molecule has 3 rings (SSSR count). The maximum atomic E-state index is 12.4. The molecule has 0 aliphatic carbocycles. The standard InChI is InChI=1S/C19H22N2OS/c1-13(2)19(17-8-5-11-23-17)21-18(22)10-9-14-12-20-16-7-4-3-6-15(14)16/h3-8,11-13,19-20H,9-10H2,1-2H3,(H,21,22). The van der Waals surface area contributed by atoms with Crippen molar-refractivity contribution in [2.24, 2.45) is 5.92 Å². The van der Waals surface area contributed by atoms with Crippen molar-refractivity contribution in [2.45, 2.75) is 32.7 Å². The van der Waals surface area contributed by atoms with Gasteiger partial charge in [0.2, 0.25) is 5.91 Å². The third-order valence-electron chi connectivity index (χ3n) is 4.13. The number of para-hydroxylation sites is 1. The quantitative estimate of drug-likeness (QED) is 0.679. The van der Waals surface area contributed by atoms with Gasteiger partial charge in [-0.3, -0.25) is 4.79 Å². The Kier molecular flexibility index (Phi) is 4.82. The molecule has 2 aromatic heterocycles. The van der Waals surface area contributed by atoms with E-state index in [-0.39, 0.29) is 11.9 Å². The molecule has 0 saturated carbocycles. The lowest BCUT2D eigenvalue weighted by molar-refractivity contribution is -0.122. The highest BCUT2D eigenvalue weighted by Gasteiger charge is 2.19. The Labute approximate surface area is 140 Å². The van der Waals surface area contributed by atoms with Crippen LogP contribution in [0, 0.1) is 5.92 Å². The summed E-state index contributed by atoms with van der Waals surface area (Å²) in [6.07, 6.45) is 3.28. The second-order valence-corrected chi connectivity index (χ2v) is 7.14. The third-order valence-corrected chi connectivity index (χ3v) is 5.08. The molecule has 23 heavy (non-hydrogen) atoms. The lowest BCUT2D eigenvalue weighted by Gasteiger charge is -2.21. The Morgan fingerprint density at radius 1 is 1.22 bits per heavy atom. The number of aromatic nitrogens is 1. The first kappa shape index (κ1) is 15.8. The minimum absolute atomic E-state index is 0.102. The number of nitrogens with one attached hydrogen (secondary N) is 2. The van der Waals surface area contributed by atoms with Crippen molar-refractivity contribution in [3.63, 3.8) is 0 Å². The Morgan fingerprint density at radius 3 is 2.78 bits per heavy atom. The zero-order chi connectivity index (χ0) is 16.2. The lowest BCUT2D eigenvalue weighted by atomic mass is 10.0. The van der Waals surface area contributed by atoms with Crippen LogP contribution in [-0.4, -0.2) is 10.9 Å². The molecule has 0 aliphatic heterocycles. The van der Waals surface area contributed by atoms with E-state index >= 15 is 0 Å². The van der Waals surface area contributed by atoms with Gasteiger partial charge in [-0.25, -0.2) is 0 Å². The third kappa shape index (κ3) is 3.64. The number of carbonyl (C=O) groups excluding carboxylic acids is 1. The highest BCUT2D eigenvalue weighted by atomic mass is 32.1. The Bertz CT molecular complexity index is 774. The maximum Gasteiger partial charge on any atom is 0.220 e. The average Bonchev–Trinajstić information content (AvgIpc) is 3.20. The summed E-state index contributed by atoms with van der Waals surface area (Å²) in [4.78, 5) is 16.9. The lowest BCUT2D eigenvalue weighted by Crippen LogP contribution is -2.31. The van der Waals surface area contributed by atoms with Crippen molar-refractivity contribution in [3.8, 4) is 0 Å². The Hall–Kier alpha value is -2.07. The molecular formula is C19H22N2OS. The highest BCUT2D eigenvalue weighted by molar-refractivity contribution is 7.10. The molecule has 1 amide bonds. The summed E-state index contributed by atoms with van der Waals surface area (Å²) in [5.74, 6) is 0.494. The molecule has 120 valence electrons. The second kappa shape index (κ2) is 7.01. The summed E-state index contributed by atoms with van der Waals surface area (Å²) in [5, 5.41) is 6.46. The van der Waals surface area contributed by atoms with Crippen molar-refractivity contribution in [3.05, 3.63) is 58.4 Å². The topological polar surface area (TPSA) is 44.9 Å². The van der Waals surface area contributed by atoms with Crippen LogP contribution in [-0.2, 0) is 11.2 Å². The molecule has 0 aliphatic rings. The van der Waals surface area contributed by atoms with Crippen LogP contribution in [0.5, 0.6) is 0 Å². The normalized spacial score (nSPS) is 12.7. The van der Waals surface area contributed by atoms with E-state index in [1.54, 1.807) is 11.3 Å². The second-order valence-electron chi connectivity index (χ2n) is 6.16. The van der Waals surface area contributed by atoms with Gasteiger partial charge in [-0.05, 0) is 35.4 Å². The largest absolute Gasteiger partial charge is 0.361 e. The van der Waals surface area contributed by atoms with Gasteiger partial charge in [-0.15, -0.1) is 11.3 Å². The molecule has 2 N–H and O–H groups in total. The van der Waals surface area contributed by atoms with Gasteiger partial charge in [0.05, 0.1) is 6.04 Å². The number of hydrogen-bond acceptors (Lipinski definition) is 2. The van der Waals surface area contributed by atoms with Crippen molar-refractivity contribution in [1.82, 2.24) is 10.3 Å². The Morgan fingerprint density at radius 2 is 2.04 bits per heavy atom. The summed E-state index contributed by atoms with van der Waals surface area (Å²) < 4.78 is 0. The van der Waals surface area contributed by atoms with Crippen LogP contribution in [0.4, 0.5) is 0 Å². The first-order chi connectivity index (χ1) is 11.1. The zero-order valence-electron chi connectivity index (χ0n) is 13.5. The van der Waals surface area contributed by atoms with Crippen LogP contribution in [0.2, 0.25) is 0 Å². The van der Waals surface area contributed by atoms with Gasteiger partial charge < -0.3 is 10.3 Å². The minimum Gasteiger partial charge on any atom is -0.361 e. The number of aryl methyl sites for hydroxylation is 1. The average molecular weight is 326 g/mol. The number of hydrogen-bond donors (Lipinski definition) is 2. The molecular weight excluding hydrogens is 304 g/mol. The molecule has 1 aromatic carbocycles. The van der Waals surface area contributed by atoms with Crippen LogP contribution in [0.1, 0.15) is 36.8 Å². The van der Waals surface area contributed by atoms with Gasteiger partial charge in [-0.2, -0.15) is 0 Å². The van der Waals surface area contributed by atoms with Crippen molar-refractivity contribution in [1.29, 1.82) is 0 Å².